The van der Waals surface area contributed by atoms with Gasteiger partial charge in [-0.3, -0.25) is 19.2 Å². The number of fused-ring (bicyclic) bond motifs is 1. The van der Waals surface area contributed by atoms with Gasteiger partial charge in [0.2, 0.25) is 0 Å². The maximum absolute atomic E-state index is 13.7. The van der Waals surface area contributed by atoms with Crippen molar-refractivity contribution in [2.45, 2.75) is 11.8 Å². The lowest BCUT2D eigenvalue weighted by molar-refractivity contribution is -0.113. The van der Waals surface area contributed by atoms with Crippen LogP contribution >= 0.6 is 11.6 Å². The van der Waals surface area contributed by atoms with Gasteiger partial charge >= 0.3 is 0 Å². The molecule has 2 aromatic heterocycles. The summed E-state index contributed by atoms with van der Waals surface area (Å²) in [7, 11) is -3.98. The largest absolute Gasteiger partial charge is 0.463 e. The first-order chi connectivity index (χ1) is 19.7. The van der Waals surface area contributed by atoms with Crippen LogP contribution < -0.4 is 15.1 Å². The smallest absolute Gasteiger partial charge is 0.282 e. The van der Waals surface area contributed by atoms with E-state index in [9.17, 15) is 18.0 Å². The molecule has 10 nitrogen and oxygen atoms in total. The Morgan fingerprint density at radius 3 is 2.41 bits per heavy atom. The highest BCUT2D eigenvalue weighted by molar-refractivity contribution is 7.92. The standard InChI is InChI=1S/C29H19ClN4O6S/c1-17-14-26(32-40-17)33-41(37,38)22-12-10-21(11-13-22)34-28(18-6-8-20(30)9-7-18)31-24(29(34)36)15-19-16-39-25-5-3-2-4-23(25)27(19)35/h2-16H,1H3,(H,32,33)/b24-15-. The summed E-state index contributed by atoms with van der Waals surface area (Å²) in [6.07, 6.45) is 2.66. The molecule has 1 aliphatic rings. The number of para-hydroxylation sites is 1. The summed E-state index contributed by atoms with van der Waals surface area (Å²) in [6.45, 7) is 1.64. The molecule has 1 N–H and O–H groups in total. The number of nitrogens with zero attached hydrogens (tertiary/aromatic N) is 3. The fourth-order valence-electron chi connectivity index (χ4n) is 4.27. The molecule has 0 fully saturated rings. The minimum absolute atomic E-state index is 0.00250. The molecule has 41 heavy (non-hydrogen) atoms. The average Bonchev–Trinajstić information content (AvgIpc) is 3.52. The highest BCUT2D eigenvalue weighted by Gasteiger charge is 2.33. The van der Waals surface area contributed by atoms with E-state index in [0.717, 1.165) is 0 Å². The van der Waals surface area contributed by atoms with Crippen molar-refractivity contribution in [2.75, 3.05) is 9.62 Å². The van der Waals surface area contributed by atoms with Gasteiger partial charge in [0.1, 0.15) is 29.1 Å². The predicted molar refractivity (Wildman–Crippen MR) is 154 cm³/mol. The van der Waals surface area contributed by atoms with Crippen molar-refractivity contribution in [1.29, 1.82) is 0 Å². The van der Waals surface area contributed by atoms with Crippen LogP contribution in [0.2, 0.25) is 5.02 Å². The van der Waals surface area contributed by atoms with Gasteiger partial charge < -0.3 is 8.94 Å². The lowest BCUT2D eigenvalue weighted by atomic mass is 10.1. The summed E-state index contributed by atoms with van der Waals surface area (Å²) in [5.41, 5.74) is 1.21. The summed E-state index contributed by atoms with van der Waals surface area (Å²) in [5.74, 6) is 0.251. The van der Waals surface area contributed by atoms with Crippen molar-refractivity contribution >= 4 is 61.9 Å². The summed E-state index contributed by atoms with van der Waals surface area (Å²) >= 11 is 6.07. The summed E-state index contributed by atoms with van der Waals surface area (Å²) in [5, 5.41) is 4.53. The van der Waals surface area contributed by atoms with Gasteiger partial charge in [-0.2, -0.15) is 0 Å². The molecule has 5 aromatic rings. The van der Waals surface area contributed by atoms with E-state index in [4.69, 9.17) is 20.5 Å². The molecule has 1 amide bonds. The predicted octanol–water partition coefficient (Wildman–Crippen LogP) is 5.38. The van der Waals surface area contributed by atoms with Gasteiger partial charge in [0.15, 0.2) is 11.2 Å². The number of aromatic nitrogens is 1. The average molecular weight is 587 g/mol. The van der Waals surface area contributed by atoms with Crippen LogP contribution in [-0.2, 0) is 14.8 Å². The van der Waals surface area contributed by atoms with Crippen molar-refractivity contribution in [1.82, 2.24) is 5.16 Å². The number of aryl methyl sites for hydroxylation is 1. The topological polar surface area (TPSA) is 135 Å². The third-order valence-corrected chi connectivity index (χ3v) is 7.86. The van der Waals surface area contributed by atoms with Crippen LogP contribution in [0.25, 0.3) is 17.0 Å². The van der Waals surface area contributed by atoms with Crippen LogP contribution in [0.4, 0.5) is 11.5 Å². The molecule has 0 atom stereocenters. The van der Waals surface area contributed by atoms with E-state index in [2.05, 4.69) is 14.9 Å². The first kappa shape index (κ1) is 26.2. The summed E-state index contributed by atoms with van der Waals surface area (Å²) in [4.78, 5) is 32.6. The van der Waals surface area contributed by atoms with E-state index in [-0.39, 0.29) is 33.2 Å². The number of rotatable bonds is 6. The second-order valence-electron chi connectivity index (χ2n) is 9.05. The number of benzene rings is 3. The molecule has 12 heteroatoms. The number of amidine groups is 1. The van der Waals surface area contributed by atoms with Gasteiger partial charge in [-0.25, -0.2) is 13.4 Å². The zero-order chi connectivity index (χ0) is 28.7. The molecule has 0 unspecified atom stereocenters. The molecule has 0 radical (unpaired) electrons. The Hall–Kier alpha value is -5.00. The lowest BCUT2D eigenvalue weighted by Crippen LogP contribution is -2.32. The molecule has 1 aliphatic heterocycles. The van der Waals surface area contributed by atoms with Crippen molar-refractivity contribution in [3.05, 3.63) is 123 Å². The molecule has 3 aromatic carbocycles. The van der Waals surface area contributed by atoms with E-state index >= 15 is 0 Å². The lowest BCUT2D eigenvalue weighted by Gasteiger charge is -2.19. The highest BCUT2D eigenvalue weighted by atomic mass is 35.5. The molecule has 3 heterocycles. The Labute approximate surface area is 238 Å². The number of anilines is 2. The number of sulfonamides is 1. The van der Waals surface area contributed by atoms with Crippen LogP contribution in [0.5, 0.6) is 0 Å². The number of hydrogen-bond acceptors (Lipinski definition) is 8. The van der Waals surface area contributed by atoms with Crippen LogP contribution in [0, 0.1) is 6.92 Å². The SMILES string of the molecule is Cc1cc(NS(=O)(=O)c2ccc(N3C(=O)/C(=C/c4coc5ccccc5c4=O)N=C3c3ccc(Cl)cc3)cc2)no1. The Morgan fingerprint density at radius 2 is 1.71 bits per heavy atom. The molecule has 0 saturated heterocycles. The van der Waals surface area contributed by atoms with Gasteiger partial charge in [-0.15, -0.1) is 0 Å². The molecule has 0 spiro atoms. The Kier molecular flexibility index (Phi) is 6.52. The quantitative estimate of drug-likeness (QED) is 0.264. The number of amides is 1. The van der Waals surface area contributed by atoms with E-state index in [1.807, 2.05) is 0 Å². The maximum atomic E-state index is 13.7. The molecule has 0 aliphatic carbocycles. The van der Waals surface area contributed by atoms with Crippen LogP contribution in [-0.4, -0.2) is 25.3 Å². The maximum Gasteiger partial charge on any atom is 0.282 e. The zero-order valence-corrected chi connectivity index (χ0v) is 22.8. The first-order valence-corrected chi connectivity index (χ1v) is 14.0. The molecular weight excluding hydrogens is 568 g/mol. The fraction of sp³-hybridized carbons (Fsp3) is 0.0345. The first-order valence-electron chi connectivity index (χ1n) is 12.2. The van der Waals surface area contributed by atoms with Crippen molar-refractivity contribution in [2.24, 2.45) is 4.99 Å². The second kappa shape index (κ2) is 10.2. The van der Waals surface area contributed by atoms with E-state index in [1.54, 1.807) is 55.5 Å². The van der Waals surface area contributed by atoms with Gasteiger partial charge in [0.25, 0.3) is 15.9 Å². The third-order valence-electron chi connectivity index (χ3n) is 6.23. The van der Waals surface area contributed by atoms with Gasteiger partial charge in [0.05, 0.1) is 21.5 Å². The molecule has 6 rings (SSSR count). The zero-order valence-electron chi connectivity index (χ0n) is 21.2. The highest BCUT2D eigenvalue weighted by Crippen LogP contribution is 2.29. The Morgan fingerprint density at radius 1 is 0.976 bits per heavy atom. The van der Waals surface area contributed by atoms with Crippen LogP contribution in [0.1, 0.15) is 16.9 Å². The molecule has 0 bridgehead atoms. The minimum Gasteiger partial charge on any atom is -0.463 e. The van der Waals surface area contributed by atoms with Crippen molar-refractivity contribution < 1.29 is 22.2 Å². The second-order valence-corrected chi connectivity index (χ2v) is 11.2. The van der Waals surface area contributed by atoms with Crippen LogP contribution in [0.15, 0.2) is 114 Å². The monoisotopic (exact) mass is 586 g/mol. The number of halogens is 1. The van der Waals surface area contributed by atoms with Gasteiger partial charge in [0, 0.05) is 16.7 Å². The number of nitrogens with one attached hydrogen (secondary N) is 1. The number of carbonyl (C=O) groups is 1. The van der Waals surface area contributed by atoms with Crippen molar-refractivity contribution in [3.63, 3.8) is 0 Å². The van der Waals surface area contributed by atoms with E-state index in [1.165, 1.54) is 47.6 Å². The number of aliphatic imine (C=N–C) groups is 1. The molecule has 204 valence electrons. The number of hydrogen-bond donors (Lipinski definition) is 1. The normalized spacial score (nSPS) is 14.6. The van der Waals surface area contributed by atoms with Crippen molar-refractivity contribution in [3.8, 4) is 0 Å². The van der Waals surface area contributed by atoms with Gasteiger partial charge in [-0.1, -0.05) is 28.9 Å². The van der Waals surface area contributed by atoms with Gasteiger partial charge in [-0.05, 0) is 73.7 Å². The third kappa shape index (κ3) is 5.04. The van der Waals surface area contributed by atoms with E-state index < -0.39 is 15.9 Å². The molecular formula is C29H19ClN4O6S. The summed E-state index contributed by atoms with van der Waals surface area (Å²) < 4.78 is 38.5. The fourth-order valence-corrected chi connectivity index (χ4v) is 5.38. The van der Waals surface area contributed by atoms with Crippen LogP contribution in [0.3, 0.4) is 0 Å². The minimum atomic E-state index is -3.98. The molecule has 0 saturated carbocycles. The summed E-state index contributed by atoms with van der Waals surface area (Å²) in [6, 6.07) is 20.7. The van der Waals surface area contributed by atoms with E-state index in [0.29, 0.717) is 33.0 Å². The number of carbonyl (C=O) groups excluding carboxylic acids is 1. The Balaban J connectivity index is 1.39. The Bertz CT molecular complexity index is 2050.